The van der Waals surface area contributed by atoms with E-state index in [1.165, 1.54) is 0 Å². The molecule has 1 atom stereocenters. The smallest absolute Gasteiger partial charge is 0.338 e. The molecule has 0 saturated heterocycles. The van der Waals surface area contributed by atoms with Gasteiger partial charge in [0.05, 0.1) is 18.1 Å². The van der Waals surface area contributed by atoms with Gasteiger partial charge in [-0.05, 0) is 49.2 Å². The molecule has 124 valence electrons. The summed E-state index contributed by atoms with van der Waals surface area (Å²) in [4.78, 5) is 24.0. The zero-order valence-corrected chi connectivity index (χ0v) is 13.5. The molecule has 1 aliphatic heterocycles. The molecule has 0 bridgehead atoms. The van der Waals surface area contributed by atoms with E-state index >= 15 is 0 Å². The summed E-state index contributed by atoms with van der Waals surface area (Å²) < 4.78 is 10.6. The first-order valence-corrected chi connectivity index (χ1v) is 7.96. The zero-order valence-electron chi connectivity index (χ0n) is 13.5. The first kappa shape index (κ1) is 16.1. The molecule has 1 N–H and O–H groups in total. The van der Waals surface area contributed by atoms with Crippen LogP contribution in [0.2, 0.25) is 0 Å². The number of nitrogens with one attached hydrogen (secondary N) is 1. The van der Waals surface area contributed by atoms with Crippen LogP contribution >= 0.6 is 0 Å². The summed E-state index contributed by atoms with van der Waals surface area (Å²) >= 11 is 0. The molecule has 2 aromatic rings. The van der Waals surface area contributed by atoms with Crippen molar-refractivity contribution in [3.05, 3.63) is 59.7 Å². The average molecular weight is 325 g/mol. The molecule has 3 rings (SSSR count). The number of benzene rings is 2. The number of anilines is 1. The average Bonchev–Trinajstić information content (AvgIpc) is 2.62. The van der Waals surface area contributed by atoms with Crippen LogP contribution in [0.4, 0.5) is 5.69 Å². The molecule has 0 spiro atoms. The van der Waals surface area contributed by atoms with E-state index < -0.39 is 0 Å². The first-order valence-electron chi connectivity index (χ1n) is 7.96. The SMILES string of the molecule is CCOC(=O)c1ccc(NC(=O)[C@H]2COc3ccccc3C2)cc1. The number of amides is 1. The monoisotopic (exact) mass is 325 g/mol. The lowest BCUT2D eigenvalue weighted by Crippen LogP contribution is -2.32. The Balaban J connectivity index is 1.62. The number of carbonyl (C=O) groups excluding carboxylic acids is 2. The Bertz CT molecular complexity index is 739. The van der Waals surface area contributed by atoms with Gasteiger partial charge < -0.3 is 14.8 Å². The highest BCUT2D eigenvalue weighted by atomic mass is 16.5. The third kappa shape index (κ3) is 3.56. The normalized spacial score (nSPS) is 15.8. The summed E-state index contributed by atoms with van der Waals surface area (Å²) in [5.74, 6) is 0.158. The summed E-state index contributed by atoms with van der Waals surface area (Å²) in [6.45, 7) is 2.46. The van der Waals surface area contributed by atoms with Gasteiger partial charge >= 0.3 is 5.97 Å². The fourth-order valence-electron chi connectivity index (χ4n) is 2.64. The maximum Gasteiger partial charge on any atom is 0.338 e. The lowest BCUT2D eigenvalue weighted by Gasteiger charge is -2.24. The van der Waals surface area contributed by atoms with E-state index in [1.54, 1.807) is 31.2 Å². The Labute approximate surface area is 140 Å². The molecule has 1 amide bonds. The minimum Gasteiger partial charge on any atom is -0.492 e. The van der Waals surface area contributed by atoms with Crippen LogP contribution in [-0.2, 0) is 16.0 Å². The van der Waals surface area contributed by atoms with E-state index in [0.29, 0.717) is 30.9 Å². The van der Waals surface area contributed by atoms with Crippen LogP contribution in [0.25, 0.3) is 0 Å². The van der Waals surface area contributed by atoms with Crippen molar-refractivity contribution in [3.63, 3.8) is 0 Å². The van der Waals surface area contributed by atoms with Crippen LogP contribution in [0.15, 0.2) is 48.5 Å². The third-order valence-corrected chi connectivity index (χ3v) is 3.91. The van der Waals surface area contributed by atoms with E-state index in [1.807, 2.05) is 24.3 Å². The van der Waals surface area contributed by atoms with Gasteiger partial charge in [-0.25, -0.2) is 4.79 Å². The Morgan fingerprint density at radius 2 is 1.92 bits per heavy atom. The molecule has 0 radical (unpaired) electrons. The van der Waals surface area contributed by atoms with Crippen molar-refractivity contribution in [2.75, 3.05) is 18.5 Å². The Morgan fingerprint density at radius 1 is 1.17 bits per heavy atom. The number of fused-ring (bicyclic) bond motifs is 1. The minimum atomic E-state index is -0.368. The van der Waals surface area contributed by atoms with Gasteiger partial charge in [-0.2, -0.15) is 0 Å². The summed E-state index contributed by atoms with van der Waals surface area (Å²) in [7, 11) is 0. The highest BCUT2D eigenvalue weighted by Gasteiger charge is 2.25. The second-order valence-corrected chi connectivity index (χ2v) is 5.61. The van der Waals surface area contributed by atoms with Crippen LogP contribution in [0, 0.1) is 5.92 Å². The van der Waals surface area contributed by atoms with Crippen molar-refractivity contribution in [2.45, 2.75) is 13.3 Å². The standard InChI is InChI=1S/C19H19NO4/c1-2-23-19(22)13-7-9-16(10-8-13)20-18(21)15-11-14-5-3-4-6-17(14)24-12-15/h3-10,15H,2,11-12H2,1H3,(H,20,21)/t15-/m1/s1. The second-order valence-electron chi connectivity index (χ2n) is 5.61. The van der Waals surface area contributed by atoms with E-state index in [4.69, 9.17) is 9.47 Å². The number of esters is 1. The molecule has 1 aliphatic rings. The Morgan fingerprint density at radius 3 is 2.67 bits per heavy atom. The number of hydrogen-bond donors (Lipinski definition) is 1. The molecule has 5 heteroatoms. The zero-order chi connectivity index (χ0) is 16.9. The number of rotatable bonds is 4. The lowest BCUT2D eigenvalue weighted by atomic mass is 9.96. The van der Waals surface area contributed by atoms with E-state index in [-0.39, 0.29) is 17.8 Å². The van der Waals surface area contributed by atoms with Crippen LogP contribution in [0.5, 0.6) is 5.75 Å². The van der Waals surface area contributed by atoms with Crippen molar-refractivity contribution in [3.8, 4) is 5.75 Å². The Kier molecular flexibility index (Phi) is 4.79. The van der Waals surface area contributed by atoms with Crippen LogP contribution in [-0.4, -0.2) is 25.1 Å². The molecule has 0 aromatic heterocycles. The predicted octanol–water partition coefficient (Wildman–Crippen LogP) is 3.05. The number of hydrogen-bond acceptors (Lipinski definition) is 4. The van der Waals surface area contributed by atoms with Crippen LogP contribution in [0.3, 0.4) is 0 Å². The van der Waals surface area contributed by atoms with Gasteiger partial charge in [0.2, 0.25) is 5.91 Å². The fourth-order valence-corrected chi connectivity index (χ4v) is 2.64. The van der Waals surface area contributed by atoms with Gasteiger partial charge in [0, 0.05) is 5.69 Å². The molecule has 0 saturated carbocycles. The number of carbonyl (C=O) groups is 2. The van der Waals surface area contributed by atoms with E-state index in [9.17, 15) is 9.59 Å². The Hall–Kier alpha value is -2.82. The van der Waals surface area contributed by atoms with Crippen LogP contribution < -0.4 is 10.1 Å². The van der Waals surface area contributed by atoms with Gasteiger partial charge in [0.25, 0.3) is 0 Å². The fraction of sp³-hybridized carbons (Fsp3) is 0.263. The maximum atomic E-state index is 12.4. The molecule has 0 aliphatic carbocycles. The molecule has 24 heavy (non-hydrogen) atoms. The topological polar surface area (TPSA) is 64.6 Å². The van der Waals surface area contributed by atoms with Gasteiger partial charge in [-0.3, -0.25) is 4.79 Å². The minimum absolute atomic E-state index is 0.0895. The molecule has 0 fully saturated rings. The summed E-state index contributed by atoms with van der Waals surface area (Å²) in [5, 5.41) is 2.87. The van der Waals surface area contributed by atoms with Crippen molar-refractivity contribution in [1.29, 1.82) is 0 Å². The maximum absolute atomic E-state index is 12.4. The number of ether oxygens (including phenoxy) is 2. The van der Waals surface area contributed by atoms with E-state index in [0.717, 1.165) is 11.3 Å². The van der Waals surface area contributed by atoms with Gasteiger partial charge in [0.1, 0.15) is 12.4 Å². The molecule has 2 aromatic carbocycles. The highest BCUT2D eigenvalue weighted by molar-refractivity contribution is 5.94. The summed E-state index contributed by atoms with van der Waals surface area (Å²) in [6, 6.07) is 14.4. The lowest BCUT2D eigenvalue weighted by molar-refractivity contribution is -0.121. The molecule has 5 nitrogen and oxygen atoms in total. The summed E-state index contributed by atoms with van der Waals surface area (Å²) in [6.07, 6.45) is 0.656. The van der Waals surface area contributed by atoms with Gasteiger partial charge in [-0.1, -0.05) is 18.2 Å². The van der Waals surface area contributed by atoms with Gasteiger partial charge in [0.15, 0.2) is 0 Å². The van der Waals surface area contributed by atoms with Gasteiger partial charge in [-0.15, -0.1) is 0 Å². The molecule has 0 unspecified atom stereocenters. The molecular weight excluding hydrogens is 306 g/mol. The first-order chi connectivity index (χ1) is 11.7. The third-order valence-electron chi connectivity index (χ3n) is 3.91. The van der Waals surface area contributed by atoms with E-state index in [2.05, 4.69) is 5.32 Å². The van der Waals surface area contributed by atoms with Crippen molar-refractivity contribution >= 4 is 17.6 Å². The van der Waals surface area contributed by atoms with Crippen LogP contribution in [0.1, 0.15) is 22.8 Å². The predicted molar refractivity (Wildman–Crippen MR) is 90.2 cm³/mol. The van der Waals surface area contributed by atoms with Crippen molar-refractivity contribution in [2.24, 2.45) is 5.92 Å². The largest absolute Gasteiger partial charge is 0.492 e. The van der Waals surface area contributed by atoms with Crippen molar-refractivity contribution in [1.82, 2.24) is 0 Å². The quantitative estimate of drug-likeness (QED) is 0.878. The molecule has 1 heterocycles. The van der Waals surface area contributed by atoms with Crippen molar-refractivity contribution < 1.29 is 19.1 Å². The highest BCUT2D eigenvalue weighted by Crippen LogP contribution is 2.27. The summed E-state index contributed by atoms with van der Waals surface area (Å²) in [5.41, 5.74) is 2.15. The molecular formula is C19H19NO4. The number of para-hydroxylation sites is 1. The second kappa shape index (κ2) is 7.17.